The van der Waals surface area contributed by atoms with Gasteiger partial charge in [0, 0.05) is 11.7 Å². The molecule has 3 rings (SSSR count). The molecule has 0 spiro atoms. The lowest BCUT2D eigenvalue weighted by molar-refractivity contribution is -0.126. The molecule has 136 valence electrons. The molecule has 0 radical (unpaired) electrons. The number of fused-ring (bicyclic) bond motifs is 1. The largest absolute Gasteiger partial charge is 0.496 e. The molecule has 0 saturated carbocycles. The normalized spacial score (nSPS) is 16.8. The average Bonchev–Trinajstić information content (AvgIpc) is 2.96. The number of carbonyl (C=O) groups excluding carboxylic acids is 2. The zero-order valence-corrected chi connectivity index (χ0v) is 16.4. The van der Waals surface area contributed by atoms with Gasteiger partial charge in [0.15, 0.2) is 6.10 Å². The highest BCUT2D eigenvalue weighted by Crippen LogP contribution is 2.32. The first-order valence-electron chi connectivity index (χ1n) is 8.38. The fraction of sp³-hybridized carbons (Fsp3) is 0.300. The van der Waals surface area contributed by atoms with Crippen LogP contribution in [0.15, 0.2) is 46.9 Å². The van der Waals surface area contributed by atoms with E-state index in [1.807, 2.05) is 31.2 Å². The van der Waals surface area contributed by atoms with Gasteiger partial charge in [-0.05, 0) is 66.0 Å². The van der Waals surface area contributed by atoms with Crippen LogP contribution < -0.4 is 9.64 Å². The molecule has 1 aliphatic rings. The van der Waals surface area contributed by atoms with E-state index in [4.69, 9.17) is 9.47 Å². The molecular weight excluding hydrogens is 398 g/mol. The Labute approximate surface area is 161 Å². The summed E-state index contributed by atoms with van der Waals surface area (Å²) in [5, 5.41) is 0. The van der Waals surface area contributed by atoms with Gasteiger partial charge in [-0.3, -0.25) is 4.79 Å². The van der Waals surface area contributed by atoms with Crippen LogP contribution in [0.4, 0.5) is 5.69 Å². The van der Waals surface area contributed by atoms with Crippen LogP contribution in [0.25, 0.3) is 0 Å². The lowest BCUT2D eigenvalue weighted by Crippen LogP contribution is -2.43. The van der Waals surface area contributed by atoms with Gasteiger partial charge >= 0.3 is 5.97 Å². The van der Waals surface area contributed by atoms with E-state index in [2.05, 4.69) is 15.9 Å². The Kier molecular flexibility index (Phi) is 5.32. The molecule has 5 nitrogen and oxygen atoms in total. The van der Waals surface area contributed by atoms with E-state index in [1.165, 1.54) is 0 Å². The quantitative estimate of drug-likeness (QED) is 0.705. The lowest BCUT2D eigenvalue weighted by atomic mass is 10.1. The third-order valence-electron chi connectivity index (χ3n) is 4.46. The van der Waals surface area contributed by atoms with Gasteiger partial charge in [0.2, 0.25) is 0 Å². The van der Waals surface area contributed by atoms with E-state index >= 15 is 0 Å². The first kappa shape index (κ1) is 18.5. The minimum atomic E-state index is -0.878. The Morgan fingerprint density at radius 1 is 1.23 bits per heavy atom. The van der Waals surface area contributed by atoms with Gasteiger partial charge in [-0.25, -0.2) is 4.79 Å². The van der Waals surface area contributed by atoms with Crippen molar-refractivity contribution in [3.8, 4) is 5.75 Å². The second-order valence-corrected chi connectivity index (χ2v) is 7.14. The van der Waals surface area contributed by atoms with Gasteiger partial charge in [-0.15, -0.1) is 0 Å². The number of ether oxygens (including phenoxy) is 2. The van der Waals surface area contributed by atoms with Crippen molar-refractivity contribution < 1.29 is 19.1 Å². The maximum Gasteiger partial charge on any atom is 0.338 e. The molecule has 6 heteroatoms. The Balaban J connectivity index is 1.73. The topological polar surface area (TPSA) is 55.8 Å². The number of rotatable bonds is 4. The number of anilines is 1. The van der Waals surface area contributed by atoms with Crippen molar-refractivity contribution in [2.45, 2.75) is 32.4 Å². The van der Waals surface area contributed by atoms with Crippen LogP contribution >= 0.6 is 15.9 Å². The van der Waals surface area contributed by atoms with E-state index in [0.29, 0.717) is 15.8 Å². The molecule has 0 fully saturated rings. The minimum Gasteiger partial charge on any atom is -0.496 e. The summed E-state index contributed by atoms with van der Waals surface area (Å²) in [5.41, 5.74) is 2.37. The van der Waals surface area contributed by atoms with Crippen molar-refractivity contribution in [2.75, 3.05) is 12.0 Å². The zero-order valence-electron chi connectivity index (χ0n) is 14.9. The van der Waals surface area contributed by atoms with Crippen LogP contribution in [0.2, 0.25) is 0 Å². The number of hydrogen-bond acceptors (Lipinski definition) is 4. The van der Waals surface area contributed by atoms with E-state index in [1.54, 1.807) is 37.1 Å². The first-order chi connectivity index (χ1) is 12.4. The van der Waals surface area contributed by atoms with Crippen molar-refractivity contribution in [2.24, 2.45) is 0 Å². The summed E-state index contributed by atoms with van der Waals surface area (Å²) in [6.07, 6.45) is -0.0782. The number of amides is 1. The first-order valence-corrected chi connectivity index (χ1v) is 9.17. The summed E-state index contributed by atoms with van der Waals surface area (Å²) in [6, 6.07) is 12.7. The standard InChI is InChI=1S/C20H20BrNO4/c1-12-10-14-6-4-5-7-17(14)22(12)19(23)13(2)26-20(24)15-8-9-18(25-3)16(21)11-15/h4-9,11-13H,10H2,1-3H3/t12-,13-/m1/s1. The van der Waals surface area contributed by atoms with Crippen LogP contribution in [0.5, 0.6) is 5.75 Å². The predicted molar refractivity (Wildman–Crippen MR) is 103 cm³/mol. The summed E-state index contributed by atoms with van der Waals surface area (Å²) in [4.78, 5) is 27.0. The number of esters is 1. The molecule has 2 atom stereocenters. The molecule has 1 amide bonds. The average molecular weight is 418 g/mol. The molecule has 1 aliphatic heterocycles. The molecule has 0 N–H and O–H groups in total. The SMILES string of the molecule is COc1ccc(C(=O)O[C@H](C)C(=O)N2c3ccccc3C[C@H]2C)cc1Br. The van der Waals surface area contributed by atoms with Crippen molar-refractivity contribution in [3.05, 3.63) is 58.1 Å². The van der Waals surface area contributed by atoms with Gasteiger partial charge in [0.05, 0.1) is 17.1 Å². The molecule has 0 saturated heterocycles. The van der Waals surface area contributed by atoms with E-state index in [0.717, 1.165) is 17.7 Å². The second-order valence-electron chi connectivity index (χ2n) is 6.29. The molecule has 2 aromatic rings. The van der Waals surface area contributed by atoms with Gasteiger partial charge in [0.25, 0.3) is 5.91 Å². The number of carbonyl (C=O) groups is 2. The Bertz CT molecular complexity index is 851. The summed E-state index contributed by atoms with van der Waals surface area (Å²) < 4.78 is 11.2. The van der Waals surface area contributed by atoms with Crippen LogP contribution in [-0.4, -0.2) is 31.1 Å². The maximum atomic E-state index is 12.9. The summed E-state index contributed by atoms with van der Waals surface area (Å²) in [7, 11) is 1.55. The summed E-state index contributed by atoms with van der Waals surface area (Å²) >= 11 is 3.34. The number of para-hydroxylation sites is 1. The third kappa shape index (κ3) is 3.46. The van der Waals surface area contributed by atoms with Gasteiger partial charge in [0.1, 0.15) is 5.75 Å². The fourth-order valence-electron chi connectivity index (χ4n) is 3.17. The Morgan fingerprint density at radius 3 is 2.65 bits per heavy atom. The molecule has 2 aromatic carbocycles. The van der Waals surface area contributed by atoms with Crippen LogP contribution in [0.3, 0.4) is 0 Å². The molecule has 0 aromatic heterocycles. The summed E-state index contributed by atoms with van der Waals surface area (Å²) in [6.45, 7) is 3.60. The van der Waals surface area contributed by atoms with E-state index in [-0.39, 0.29) is 11.9 Å². The third-order valence-corrected chi connectivity index (χ3v) is 5.08. The van der Waals surface area contributed by atoms with Gasteiger partial charge in [-0.1, -0.05) is 18.2 Å². The number of halogens is 1. The van der Waals surface area contributed by atoms with Crippen molar-refractivity contribution in [1.82, 2.24) is 0 Å². The van der Waals surface area contributed by atoms with Crippen molar-refractivity contribution >= 4 is 33.5 Å². The van der Waals surface area contributed by atoms with Crippen LogP contribution in [-0.2, 0) is 16.0 Å². The van der Waals surface area contributed by atoms with Gasteiger partial charge in [-0.2, -0.15) is 0 Å². The smallest absolute Gasteiger partial charge is 0.338 e. The minimum absolute atomic E-state index is 0.0381. The predicted octanol–water partition coefficient (Wildman–Crippen LogP) is 3.98. The monoisotopic (exact) mass is 417 g/mol. The zero-order chi connectivity index (χ0) is 18.8. The van der Waals surface area contributed by atoms with Crippen LogP contribution in [0, 0.1) is 0 Å². The van der Waals surface area contributed by atoms with E-state index in [9.17, 15) is 9.59 Å². The maximum absolute atomic E-state index is 12.9. The molecule has 0 bridgehead atoms. The highest BCUT2D eigenvalue weighted by Gasteiger charge is 2.34. The Morgan fingerprint density at radius 2 is 1.96 bits per heavy atom. The Hall–Kier alpha value is -2.34. The molecule has 26 heavy (non-hydrogen) atoms. The highest BCUT2D eigenvalue weighted by molar-refractivity contribution is 9.10. The fourth-order valence-corrected chi connectivity index (χ4v) is 3.71. The lowest BCUT2D eigenvalue weighted by Gasteiger charge is -2.26. The second kappa shape index (κ2) is 7.50. The molecule has 1 heterocycles. The highest BCUT2D eigenvalue weighted by atomic mass is 79.9. The number of methoxy groups -OCH3 is 1. The summed E-state index contributed by atoms with van der Waals surface area (Å²) in [5.74, 6) is -0.147. The van der Waals surface area contributed by atoms with Crippen molar-refractivity contribution in [3.63, 3.8) is 0 Å². The number of nitrogens with zero attached hydrogens (tertiary/aromatic N) is 1. The van der Waals surface area contributed by atoms with Gasteiger partial charge < -0.3 is 14.4 Å². The molecule has 0 aliphatic carbocycles. The number of hydrogen-bond donors (Lipinski definition) is 0. The number of benzene rings is 2. The van der Waals surface area contributed by atoms with Crippen LogP contribution in [0.1, 0.15) is 29.8 Å². The van der Waals surface area contributed by atoms with E-state index < -0.39 is 12.1 Å². The molecular formula is C20H20BrNO4. The van der Waals surface area contributed by atoms with Crippen molar-refractivity contribution in [1.29, 1.82) is 0 Å². The molecule has 0 unspecified atom stereocenters.